The van der Waals surface area contributed by atoms with Gasteiger partial charge in [-0.2, -0.15) is 9.59 Å². The number of hydrogen-bond acceptors (Lipinski definition) is 5. The van der Waals surface area contributed by atoms with Gasteiger partial charge in [0, 0.05) is 5.54 Å². The van der Waals surface area contributed by atoms with Crippen LogP contribution in [0.1, 0.15) is 27.2 Å². The van der Waals surface area contributed by atoms with Crippen molar-refractivity contribution in [2.24, 2.45) is 0 Å². The summed E-state index contributed by atoms with van der Waals surface area (Å²) in [5.74, 6) is -0.216. The van der Waals surface area contributed by atoms with E-state index in [2.05, 4.69) is 30.8 Å². The van der Waals surface area contributed by atoms with Gasteiger partial charge in [-0.25, -0.2) is 0 Å². The van der Waals surface area contributed by atoms with E-state index in [9.17, 15) is 4.79 Å². The van der Waals surface area contributed by atoms with E-state index in [1.54, 1.807) is 0 Å². The van der Waals surface area contributed by atoms with Crippen molar-refractivity contribution in [3.8, 4) is 0 Å². The minimum Gasteiger partial charge on any atom is -0.468 e. The Hall–Kier alpha value is -1.19. The molecular weight excluding hydrogens is 186 g/mol. The van der Waals surface area contributed by atoms with Crippen LogP contribution in [0.15, 0.2) is 0 Å². The summed E-state index contributed by atoms with van der Waals surface area (Å²) in [6, 6.07) is 0. The molecule has 0 radical (unpaired) electrons. The van der Waals surface area contributed by atoms with Crippen molar-refractivity contribution in [2.75, 3.05) is 13.7 Å². The van der Waals surface area contributed by atoms with Crippen molar-refractivity contribution in [1.29, 1.82) is 0 Å². The van der Waals surface area contributed by atoms with Crippen molar-refractivity contribution < 1.29 is 19.1 Å². The van der Waals surface area contributed by atoms with Gasteiger partial charge in [0.2, 0.25) is 0 Å². The lowest BCUT2D eigenvalue weighted by Crippen LogP contribution is -2.41. The quantitative estimate of drug-likeness (QED) is 0.667. The summed E-state index contributed by atoms with van der Waals surface area (Å²) in [5, 5.41) is 3.08. The minimum atomic E-state index is -0.216. The van der Waals surface area contributed by atoms with Crippen molar-refractivity contribution in [1.82, 2.24) is 5.32 Å². The predicted octanol–water partition coefficient (Wildman–Crippen LogP) is 0.354. The second kappa shape index (κ2) is 8.41. The minimum absolute atomic E-state index is 0.0220. The average Bonchev–Trinajstić information content (AvgIpc) is 2.15. The molecule has 5 nitrogen and oxygen atoms in total. The molecule has 0 saturated carbocycles. The fourth-order valence-electron chi connectivity index (χ4n) is 0.509. The molecule has 0 aliphatic rings. The maximum atomic E-state index is 10.7. The largest absolute Gasteiger partial charge is 0.468 e. The molecule has 0 aromatic carbocycles. The molecule has 0 rings (SSSR count). The molecule has 0 aromatic rings. The summed E-state index contributed by atoms with van der Waals surface area (Å²) in [6.07, 6.45) is 1.24. The Bertz CT molecular complexity index is 195. The van der Waals surface area contributed by atoms with Crippen molar-refractivity contribution in [2.45, 2.75) is 32.7 Å². The molecule has 0 amide bonds. The normalized spacial score (nSPS) is 9.43. The average molecular weight is 203 g/mol. The molecule has 0 fully saturated rings. The van der Waals surface area contributed by atoms with Crippen LogP contribution in [-0.4, -0.2) is 31.3 Å². The zero-order chi connectivity index (χ0) is 11.6. The van der Waals surface area contributed by atoms with Crippen molar-refractivity contribution >= 4 is 12.1 Å². The first kappa shape index (κ1) is 15.3. The van der Waals surface area contributed by atoms with Gasteiger partial charge in [-0.15, -0.1) is 0 Å². The molecule has 0 spiro atoms. The molecule has 0 atom stereocenters. The van der Waals surface area contributed by atoms with Crippen LogP contribution in [0.5, 0.6) is 0 Å². The van der Waals surface area contributed by atoms with Crippen molar-refractivity contribution in [3.63, 3.8) is 0 Å². The topological polar surface area (TPSA) is 72.5 Å². The molecule has 0 bridgehead atoms. The van der Waals surface area contributed by atoms with E-state index in [1.165, 1.54) is 7.11 Å². The maximum Gasteiger partial charge on any atom is 0.373 e. The first-order valence-electron chi connectivity index (χ1n) is 4.24. The summed E-state index contributed by atoms with van der Waals surface area (Å²) in [6.45, 7) is 6.47. The Balaban J connectivity index is 0. The van der Waals surface area contributed by atoms with Gasteiger partial charge in [0.15, 0.2) is 0 Å². The van der Waals surface area contributed by atoms with Crippen LogP contribution in [-0.2, 0) is 19.1 Å². The van der Waals surface area contributed by atoms with Gasteiger partial charge in [0.1, 0.15) is 0 Å². The smallest absolute Gasteiger partial charge is 0.373 e. The lowest BCUT2D eigenvalue weighted by atomic mass is 10.0. The van der Waals surface area contributed by atoms with Crippen LogP contribution in [0.25, 0.3) is 0 Å². The Morgan fingerprint density at radius 3 is 2.14 bits per heavy atom. The lowest BCUT2D eigenvalue weighted by Gasteiger charge is -2.23. The van der Waals surface area contributed by atoms with Gasteiger partial charge in [-0.05, 0) is 20.3 Å². The number of hydrogen-bond donors (Lipinski definition) is 1. The van der Waals surface area contributed by atoms with Crippen LogP contribution in [0, 0.1) is 0 Å². The third-order valence-electron chi connectivity index (χ3n) is 1.82. The zero-order valence-electron chi connectivity index (χ0n) is 9.05. The highest BCUT2D eigenvalue weighted by atomic mass is 16.5. The highest BCUT2D eigenvalue weighted by Crippen LogP contribution is 2.05. The predicted molar refractivity (Wildman–Crippen MR) is 49.4 cm³/mol. The second-order valence-corrected chi connectivity index (χ2v) is 3.25. The number of carbonyl (C=O) groups excluding carboxylic acids is 3. The van der Waals surface area contributed by atoms with Crippen LogP contribution in [0.4, 0.5) is 0 Å². The van der Waals surface area contributed by atoms with Crippen LogP contribution in [0.3, 0.4) is 0 Å². The number of methoxy groups -OCH3 is 1. The van der Waals surface area contributed by atoms with Gasteiger partial charge in [0.05, 0.1) is 13.7 Å². The second-order valence-electron chi connectivity index (χ2n) is 3.25. The summed E-state index contributed by atoms with van der Waals surface area (Å²) in [4.78, 5) is 26.9. The number of rotatable bonds is 4. The van der Waals surface area contributed by atoms with E-state index in [1.807, 2.05) is 0 Å². The molecule has 0 heterocycles. The lowest BCUT2D eigenvalue weighted by molar-refractivity contribution is -0.191. The molecule has 14 heavy (non-hydrogen) atoms. The monoisotopic (exact) mass is 203 g/mol. The molecule has 0 aliphatic heterocycles. The Morgan fingerprint density at radius 1 is 1.43 bits per heavy atom. The summed E-state index contributed by atoms with van der Waals surface area (Å²) >= 11 is 0. The Morgan fingerprint density at radius 2 is 1.86 bits per heavy atom. The summed E-state index contributed by atoms with van der Waals surface area (Å²) in [7, 11) is 1.39. The third kappa shape index (κ3) is 10.8. The highest BCUT2D eigenvalue weighted by Gasteiger charge is 2.14. The van der Waals surface area contributed by atoms with Crippen molar-refractivity contribution in [3.05, 3.63) is 0 Å². The van der Waals surface area contributed by atoms with Crippen LogP contribution >= 0.6 is 0 Å². The zero-order valence-corrected chi connectivity index (χ0v) is 9.05. The van der Waals surface area contributed by atoms with E-state index >= 15 is 0 Å². The van der Waals surface area contributed by atoms with E-state index < -0.39 is 0 Å². The molecule has 0 aliphatic carbocycles. The first-order chi connectivity index (χ1) is 6.43. The number of esters is 1. The van der Waals surface area contributed by atoms with Gasteiger partial charge >= 0.3 is 12.1 Å². The van der Waals surface area contributed by atoms with Gasteiger partial charge in [-0.3, -0.25) is 4.79 Å². The number of nitrogens with one attached hydrogen (secondary N) is 1. The van der Waals surface area contributed by atoms with E-state index in [-0.39, 0.29) is 24.2 Å². The van der Waals surface area contributed by atoms with Gasteiger partial charge in [-0.1, -0.05) is 6.92 Å². The van der Waals surface area contributed by atoms with E-state index in [4.69, 9.17) is 9.59 Å². The Kier molecular flexibility index (Phi) is 9.18. The standard InChI is InChI=1S/C8H17NO2.CO2/c1-5-8(2,3)9-6-7(10)11-4;2-1-3/h9H,5-6H2,1-4H3;. The van der Waals surface area contributed by atoms with E-state index in [0.717, 1.165) is 6.42 Å². The molecule has 0 saturated heterocycles. The Labute approximate surface area is 83.8 Å². The number of carbonyl (C=O) groups is 1. The fraction of sp³-hybridized carbons (Fsp3) is 0.778. The third-order valence-corrected chi connectivity index (χ3v) is 1.82. The van der Waals surface area contributed by atoms with Gasteiger partial charge < -0.3 is 10.1 Å². The molecule has 1 N–H and O–H groups in total. The maximum absolute atomic E-state index is 10.7. The highest BCUT2D eigenvalue weighted by molar-refractivity contribution is 5.71. The molecule has 0 unspecified atom stereocenters. The molecule has 82 valence electrons. The molecule has 5 heteroatoms. The molecule has 0 aromatic heterocycles. The SMILES string of the molecule is CCC(C)(C)NCC(=O)OC.O=C=O. The first-order valence-corrected chi connectivity index (χ1v) is 4.24. The summed E-state index contributed by atoms with van der Waals surface area (Å²) < 4.78 is 4.49. The van der Waals surface area contributed by atoms with Crippen LogP contribution < -0.4 is 5.32 Å². The van der Waals surface area contributed by atoms with E-state index in [0.29, 0.717) is 0 Å². The van der Waals surface area contributed by atoms with Gasteiger partial charge in [0.25, 0.3) is 0 Å². The summed E-state index contributed by atoms with van der Waals surface area (Å²) in [5.41, 5.74) is 0.0220. The molecular formula is C9H17NO4. The van der Waals surface area contributed by atoms with Crippen LogP contribution in [0.2, 0.25) is 0 Å². The number of ether oxygens (including phenoxy) is 1. The fourth-order valence-corrected chi connectivity index (χ4v) is 0.509.